The van der Waals surface area contributed by atoms with E-state index in [1.807, 2.05) is 30.3 Å². The zero-order valence-corrected chi connectivity index (χ0v) is 11.4. The second-order valence-electron chi connectivity index (χ2n) is 4.16. The fourth-order valence-corrected chi connectivity index (χ4v) is 2.96. The molecule has 0 aliphatic heterocycles. The van der Waals surface area contributed by atoms with Crippen LogP contribution in [0.2, 0.25) is 0 Å². The molecule has 4 nitrogen and oxygen atoms in total. The minimum Gasteiger partial charge on any atom is -0.494 e. The van der Waals surface area contributed by atoms with Crippen molar-refractivity contribution in [3.8, 4) is 5.75 Å². The van der Waals surface area contributed by atoms with Crippen LogP contribution in [0.1, 0.15) is 19.3 Å². The third-order valence-corrected chi connectivity index (χ3v) is 4.34. The molecule has 0 aromatic heterocycles. The lowest BCUT2D eigenvalue weighted by Crippen LogP contribution is -2.14. The van der Waals surface area contributed by atoms with E-state index in [0.717, 1.165) is 12.2 Å². The summed E-state index contributed by atoms with van der Waals surface area (Å²) in [6, 6.07) is 9.40. The van der Waals surface area contributed by atoms with Crippen molar-refractivity contribution in [3.05, 3.63) is 30.3 Å². The largest absolute Gasteiger partial charge is 0.494 e. The number of sulfone groups is 1. The van der Waals surface area contributed by atoms with E-state index in [-0.39, 0.29) is 11.5 Å². The van der Waals surface area contributed by atoms with E-state index < -0.39 is 9.84 Å². The number of para-hydroxylation sites is 1. The minimum atomic E-state index is -2.94. The third-order valence-electron chi connectivity index (χ3n) is 2.52. The lowest BCUT2D eigenvalue weighted by molar-refractivity contribution is 0.317. The molecule has 1 aromatic carbocycles. The van der Waals surface area contributed by atoms with Crippen LogP contribution in [-0.4, -0.2) is 33.1 Å². The summed E-state index contributed by atoms with van der Waals surface area (Å²) in [6.07, 6.45) is 1.94. The number of hydrogen-bond donors (Lipinski definition) is 1. The van der Waals surface area contributed by atoms with Crippen LogP contribution in [-0.2, 0) is 9.84 Å². The van der Waals surface area contributed by atoms with E-state index >= 15 is 0 Å². The molecule has 5 heteroatoms. The summed E-state index contributed by atoms with van der Waals surface area (Å²) in [7, 11) is -2.94. The van der Waals surface area contributed by atoms with E-state index in [1.54, 1.807) is 0 Å². The number of ether oxygens (including phenoxy) is 1. The van der Waals surface area contributed by atoms with Crippen LogP contribution < -0.4 is 10.5 Å². The number of unbranched alkanes of at least 4 members (excludes halogenated alkanes) is 1. The Kier molecular flexibility index (Phi) is 6.75. The van der Waals surface area contributed by atoms with Crippen LogP contribution in [0.3, 0.4) is 0 Å². The lowest BCUT2D eigenvalue weighted by Gasteiger charge is -2.06. The van der Waals surface area contributed by atoms with Gasteiger partial charge in [0.25, 0.3) is 0 Å². The van der Waals surface area contributed by atoms with Gasteiger partial charge >= 0.3 is 0 Å². The van der Waals surface area contributed by atoms with Gasteiger partial charge in [0.2, 0.25) is 0 Å². The van der Waals surface area contributed by atoms with Crippen molar-refractivity contribution in [3.63, 3.8) is 0 Å². The van der Waals surface area contributed by atoms with Gasteiger partial charge in [0.1, 0.15) is 15.6 Å². The molecule has 0 spiro atoms. The summed E-state index contributed by atoms with van der Waals surface area (Å²) in [6.45, 7) is 0.979. The van der Waals surface area contributed by atoms with Gasteiger partial charge in [-0.3, -0.25) is 0 Å². The molecular formula is C13H21NO3S. The molecule has 0 aliphatic rings. The summed E-state index contributed by atoms with van der Waals surface area (Å²) in [5.41, 5.74) is 5.33. The quantitative estimate of drug-likeness (QED) is 0.693. The Morgan fingerprint density at radius 1 is 1.00 bits per heavy atom. The second kappa shape index (κ2) is 8.11. The average Bonchev–Trinajstić information content (AvgIpc) is 2.36. The zero-order chi connectivity index (χ0) is 13.3. The van der Waals surface area contributed by atoms with Gasteiger partial charge in [0, 0.05) is 0 Å². The first-order valence-corrected chi connectivity index (χ1v) is 8.04. The molecule has 0 radical (unpaired) electrons. The molecule has 0 heterocycles. The molecule has 102 valence electrons. The van der Waals surface area contributed by atoms with E-state index in [2.05, 4.69) is 0 Å². The third kappa shape index (κ3) is 6.61. The molecule has 0 fully saturated rings. The maximum absolute atomic E-state index is 11.6. The van der Waals surface area contributed by atoms with Gasteiger partial charge in [-0.1, -0.05) is 18.2 Å². The highest BCUT2D eigenvalue weighted by molar-refractivity contribution is 7.91. The van der Waals surface area contributed by atoms with Crippen LogP contribution in [0.15, 0.2) is 30.3 Å². The molecule has 0 atom stereocenters. The number of rotatable bonds is 9. The van der Waals surface area contributed by atoms with Crippen LogP contribution >= 0.6 is 0 Å². The second-order valence-corrected chi connectivity index (χ2v) is 6.47. The van der Waals surface area contributed by atoms with Gasteiger partial charge in [-0.2, -0.15) is 0 Å². The fraction of sp³-hybridized carbons (Fsp3) is 0.538. The number of hydrogen-bond acceptors (Lipinski definition) is 4. The van der Waals surface area contributed by atoms with Gasteiger partial charge in [-0.05, 0) is 37.9 Å². The molecule has 2 N–H and O–H groups in total. The van der Waals surface area contributed by atoms with Crippen molar-refractivity contribution < 1.29 is 13.2 Å². The molecule has 18 heavy (non-hydrogen) atoms. The molecule has 0 amide bonds. The minimum absolute atomic E-state index is 0.185. The molecule has 0 aliphatic carbocycles. The predicted molar refractivity (Wildman–Crippen MR) is 73.5 cm³/mol. The predicted octanol–water partition coefficient (Wildman–Crippen LogP) is 1.61. The SMILES string of the molecule is NCCCCS(=O)(=O)CCCOc1ccccc1. The average molecular weight is 271 g/mol. The first kappa shape index (κ1) is 15.0. The van der Waals surface area contributed by atoms with Crippen molar-refractivity contribution in [2.24, 2.45) is 5.73 Å². The van der Waals surface area contributed by atoms with E-state index in [4.69, 9.17) is 10.5 Å². The topological polar surface area (TPSA) is 69.4 Å². The fourth-order valence-electron chi connectivity index (χ4n) is 1.55. The first-order chi connectivity index (χ1) is 8.64. The van der Waals surface area contributed by atoms with E-state index in [9.17, 15) is 8.42 Å². The summed E-state index contributed by atoms with van der Waals surface area (Å²) >= 11 is 0. The number of nitrogens with two attached hydrogens (primary N) is 1. The van der Waals surface area contributed by atoms with E-state index in [1.165, 1.54) is 0 Å². The maximum atomic E-state index is 11.6. The summed E-state index contributed by atoms with van der Waals surface area (Å²) in [4.78, 5) is 0. The van der Waals surface area contributed by atoms with Gasteiger partial charge in [0.05, 0.1) is 18.1 Å². The molecule has 0 bridgehead atoms. The standard InChI is InChI=1S/C13H21NO3S/c14-9-4-5-11-18(15,16)12-6-10-17-13-7-2-1-3-8-13/h1-3,7-8H,4-6,9-12,14H2. The molecule has 1 aromatic rings. The van der Waals surface area contributed by atoms with Crippen LogP contribution in [0.25, 0.3) is 0 Å². The summed E-state index contributed by atoms with van der Waals surface area (Å²) in [5.74, 6) is 1.19. The Morgan fingerprint density at radius 3 is 2.33 bits per heavy atom. The molecule has 1 rings (SSSR count). The van der Waals surface area contributed by atoms with Crippen molar-refractivity contribution >= 4 is 9.84 Å². The smallest absolute Gasteiger partial charge is 0.150 e. The Bertz CT molecular complexity index is 417. The van der Waals surface area contributed by atoms with E-state index in [0.29, 0.717) is 26.0 Å². The highest BCUT2D eigenvalue weighted by atomic mass is 32.2. The molecule has 0 unspecified atom stereocenters. The summed E-state index contributed by atoms with van der Waals surface area (Å²) in [5, 5.41) is 0. The van der Waals surface area contributed by atoms with Crippen LogP contribution in [0.4, 0.5) is 0 Å². The normalized spacial score (nSPS) is 11.4. The molecule has 0 saturated carbocycles. The zero-order valence-electron chi connectivity index (χ0n) is 10.5. The molecular weight excluding hydrogens is 250 g/mol. The Hall–Kier alpha value is -1.07. The van der Waals surface area contributed by atoms with Gasteiger partial charge in [0.15, 0.2) is 0 Å². The Labute approximate surface area is 109 Å². The first-order valence-electron chi connectivity index (χ1n) is 6.22. The van der Waals surface area contributed by atoms with Gasteiger partial charge in [-0.25, -0.2) is 8.42 Å². The Balaban J connectivity index is 2.17. The van der Waals surface area contributed by atoms with Crippen LogP contribution in [0, 0.1) is 0 Å². The van der Waals surface area contributed by atoms with Gasteiger partial charge in [-0.15, -0.1) is 0 Å². The van der Waals surface area contributed by atoms with Crippen molar-refractivity contribution in [1.29, 1.82) is 0 Å². The van der Waals surface area contributed by atoms with Crippen molar-refractivity contribution in [1.82, 2.24) is 0 Å². The number of benzene rings is 1. The van der Waals surface area contributed by atoms with Crippen LogP contribution in [0.5, 0.6) is 5.75 Å². The monoisotopic (exact) mass is 271 g/mol. The van der Waals surface area contributed by atoms with Gasteiger partial charge < -0.3 is 10.5 Å². The Morgan fingerprint density at radius 2 is 1.67 bits per heavy atom. The lowest BCUT2D eigenvalue weighted by atomic mass is 10.3. The summed E-state index contributed by atoms with van der Waals surface area (Å²) < 4.78 is 28.7. The maximum Gasteiger partial charge on any atom is 0.150 e. The van der Waals surface area contributed by atoms with Crippen molar-refractivity contribution in [2.45, 2.75) is 19.3 Å². The highest BCUT2D eigenvalue weighted by Gasteiger charge is 2.09. The molecule has 0 saturated heterocycles. The van der Waals surface area contributed by atoms with Crippen molar-refractivity contribution in [2.75, 3.05) is 24.7 Å². The highest BCUT2D eigenvalue weighted by Crippen LogP contribution is 2.08.